The topological polar surface area (TPSA) is 14.1 Å². The van der Waals surface area contributed by atoms with Gasteiger partial charge in [-0.15, -0.1) is 5.70 Å². The number of hydrogen-bond acceptors (Lipinski definition) is 1. The van der Waals surface area contributed by atoms with Gasteiger partial charge in [0.05, 0.1) is 0 Å². The van der Waals surface area contributed by atoms with Crippen LogP contribution in [0, 0.1) is 0 Å². The summed E-state index contributed by atoms with van der Waals surface area (Å²) in [4.78, 5) is 0. The van der Waals surface area contributed by atoms with Crippen LogP contribution in [-0.2, 0) is 0 Å². The van der Waals surface area contributed by atoms with Gasteiger partial charge in [-0.05, 0) is 33.5 Å². The first-order valence-electron chi connectivity index (χ1n) is 5.15. The van der Waals surface area contributed by atoms with E-state index in [1.54, 1.807) is 11.3 Å². The molecule has 1 nitrogen and oxygen atoms in total. The predicted molar refractivity (Wildman–Crippen MR) is 70.1 cm³/mol. The fourth-order valence-electron chi connectivity index (χ4n) is 1.84. The lowest BCUT2D eigenvalue weighted by atomic mass is 10.0. The Balaban J connectivity index is 2.03. The Morgan fingerprint density at radius 2 is 2.06 bits per heavy atom. The van der Waals surface area contributed by atoms with Gasteiger partial charge in [0, 0.05) is 0 Å². The highest BCUT2D eigenvalue weighted by Gasteiger charge is 2.09. The van der Waals surface area contributed by atoms with E-state index in [4.69, 9.17) is 0 Å². The summed E-state index contributed by atoms with van der Waals surface area (Å²) in [7, 11) is 0. The van der Waals surface area contributed by atoms with Gasteiger partial charge in [0.15, 0.2) is 0 Å². The molecule has 0 radical (unpaired) electrons. The Morgan fingerprint density at radius 1 is 1.06 bits per heavy atom. The van der Waals surface area contributed by atoms with Crippen molar-refractivity contribution >= 4 is 16.9 Å². The summed E-state index contributed by atoms with van der Waals surface area (Å²) >= 11 is 1.72. The minimum atomic E-state index is 1.04. The van der Waals surface area contributed by atoms with Crippen LogP contribution in [0.1, 0.15) is 5.56 Å². The van der Waals surface area contributed by atoms with Gasteiger partial charge in [-0.25, -0.2) is 0 Å². The van der Waals surface area contributed by atoms with Crippen LogP contribution in [0.4, 0.5) is 0 Å². The van der Waals surface area contributed by atoms with Gasteiger partial charge in [0.2, 0.25) is 0 Å². The lowest BCUT2D eigenvalue weighted by Gasteiger charge is -2.24. The molecule has 2 heteroatoms. The molecule has 0 saturated heterocycles. The van der Waals surface area contributed by atoms with Crippen LogP contribution in [0.5, 0.6) is 0 Å². The van der Waals surface area contributed by atoms with Gasteiger partial charge < -0.3 is 5.32 Å². The molecule has 3 rings (SSSR count). The molecule has 2 aliphatic rings. The Labute approximate surface area is 98.8 Å². The Kier molecular flexibility index (Phi) is 2.35. The molecule has 0 unspecified atom stereocenters. The van der Waals surface area contributed by atoms with E-state index in [1.165, 1.54) is 16.7 Å². The van der Waals surface area contributed by atoms with Crippen LogP contribution in [0.15, 0.2) is 70.8 Å². The molecule has 1 aromatic rings. The maximum Gasteiger partial charge on any atom is -0.00145 e. The molecule has 0 aromatic carbocycles. The van der Waals surface area contributed by atoms with Crippen LogP contribution in [-0.4, -0.2) is 0 Å². The Morgan fingerprint density at radius 3 is 2.81 bits per heavy atom. The molecule has 0 spiro atoms. The average Bonchev–Trinajstić information content (AvgIpc) is 3.01. The largest absolute Gasteiger partial charge is 0.664 e. The van der Waals surface area contributed by atoms with Crippen LogP contribution in [0.25, 0.3) is 10.9 Å². The third-order valence-electron chi connectivity index (χ3n) is 2.59. The Bertz CT molecular complexity index is 539. The average molecular weight is 224 g/mol. The third-order valence-corrected chi connectivity index (χ3v) is 3.27. The third kappa shape index (κ3) is 1.57. The molecule has 0 fully saturated rings. The smallest absolute Gasteiger partial charge is 0.00145 e. The molecule has 0 N–H and O–H groups in total. The fraction of sp³-hybridized carbons (Fsp3) is 0. The molecule has 0 bridgehead atoms. The molecule has 78 valence electrons. The number of nitrogens with zero attached hydrogens (tertiary/aromatic N) is 1. The first-order chi connectivity index (χ1) is 7.95. The number of allylic oxidation sites excluding steroid dienone is 8. The van der Waals surface area contributed by atoms with Crippen LogP contribution < -0.4 is 0 Å². The molecule has 0 atom stereocenters. The number of thiophene rings is 1. The van der Waals surface area contributed by atoms with Gasteiger partial charge in [-0.1, -0.05) is 36.5 Å². The molecule has 1 aromatic heterocycles. The number of hydrogen-bond donors (Lipinski definition) is 0. The van der Waals surface area contributed by atoms with Crippen molar-refractivity contribution in [3.8, 4) is 0 Å². The van der Waals surface area contributed by atoms with Gasteiger partial charge >= 0.3 is 0 Å². The minimum absolute atomic E-state index is 1.04. The molecule has 1 aliphatic heterocycles. The second-order valence-electron chi connectivity index (χ2n) is 3.58. The normalized spacial score (nSPS) is 22.4. The summed E-state index contributed by atoms with van der Waals surface area (Å²) in [6.07, 6.45) is 14.2. The molecule has 2 heterocycles. The highest BCUT2D eigenvalue weighted by molar-refractivity contribution is 7.08. The van der Waals surface area contributed by atoms with Crippen LogP contribution >= 0.6 is 11.3 Å². The SMILES string of the molecule is C1=C[N-]/C(=C2/C=CC=C2c2ccsc2)C=C1. The first kappa shape index (κ1) is 9.43. The van der Waals surface area contributed by atoms with Gasteiger partial charge in [0.25, 0.3) is 0 Å². The molecular formula is C14H10NS-. The summed E-state index contributed by atoms with van der Waals surface area (Å²) in [5.41, 5.74) is 4.78. The van der Waals surface area contributed by atoms with E-state index in [-0.39, 0.29) is 0 Å². The van der Waals surface area contributed by atoms with Crippen molar-refractivity contribution in [2.24, 2.45) is 0 Å². The summed E-state index contributed by atoms with van der Waals surface area (Å²) in [6, 6.07) is 2.15. The van der Waals surface area contributed by atoms with Crippen LogP contribution in [0.3, 0.4) is 0 Å². The lowest BCUT2D eigenvalue weighted by Crippen LogP contribution is -1.88. The van der Waals surface area contributed by atoms with E-state index in [2.05, 4.69) is 40.4 Å². The van der Waals surface area contributed by atoms with Crippen molar-refractivity contribution < 1.29 is 0 Å². The lowest BCUT2D eigenvalue weighted by molar-refractivity contribution is 1.50. The summed E-state index contributed by atoms with van der Waals surface area (Å²) < 4.78 is 0. The van der Waals surface area contributed by atoms with Crippen molar-refractivity contribution in [1.29, 1.82) is 0 Å². The van der Waals surface area contributed by atoms with E-state index >= 15 is 0 Å². The van der Waals surface area contributed by atoms with Crippen molar-refractivity contribution in [1.82, 2.24) is 0 Å². The summed E-state index contributed by atoms with van der Waals surface area (Å²) in [5.74, 6) is 0. The second kappa shape index (κ2) is 3.99. The summed E-state index contributed by atoms with van der Waals surface area (Å²) in [5, 5.41) is 8.67. The second-order valence-corrected chi connectivity index (χ2v) is 4.36. The summed E-state index contributed by atoms with van der Waals surface area (Å²) in [6.45, 7) is 0. The van der Waals surface area contributed by atoms with Crippen molar-refractivity contribution in [3.05, 3.63) is 81.6 Å². The van der Waals surface area contributed by atoms with Gasteiger partial charge in [-0.3, -0.25) is 0 Å². The molecule has 0 amide bonds. The van der Waals surface area contributed by atoms with E-state index in [0.717, 1.165) is 5.70 Å². The van der Waals surface area contributed by atoms with Crippen molar-refractivity contribution in [2.45, 2.75) is 0 Å². The highest BCUT2D eigenvalue weighted by atomic mass is 32.1. The Hall–Kier alpha value is -1.80. The maximum absolute atomic E-state index is 4.40. The van der Waals surface area contributed by atoms with Crippen molar-refractivity contribution in [2.75, 3.05) is 0 Å². The predicted octanol–water partition coefficient (Wildman–Crippen LogP) is 4.41. The van der Waals surface area contributed by atoms with E-state index < -0.39 is 0 Å². The van der Waals surface area contributed by atoms with E-state index in [1.807, 2.05) is 24.4 Å². The zero-order valence-corrected chi connectivity index (χ0v) is 9.45. The first-order valence-corrected chi connectivity index (χ1v) is 6.09. The van der Waals surface area contributed by atoms with E-state index in [9.17, 15) is 0 Å². The van der Waals surface area contributed by atoms with Gasteiger partial charge in [-0.2, -0.15) is 17.5 Å². The monoisotopic (exact) mass is 224 g/mol. The number of rotatable bonds is 1. The minimum Gasteiger partial charge on any atom is -0.664 e. The highest BCUT2D eigenvalue weighted by Crippen LogP contribution is 2.34. The fourth-order valence-corrected chi connectivity index (χ4v) is 2.49. The zero-order valence-electron chi connectivity index (χ0n) is 8.63. The van der Waals surface area contributed by atoms with E-state index in [0.29, 0.717) is 0 Å². The molecule has 1 aliphatic carbocycles. The zero-order chi connectivity index (χ0) is 10.8. The molecule has 0 saturated carbocycles. The van der Waals surface area contributed by atoms with Crippen molar-refractivity contribution in [3.63, 3.8) is 0 Å². The van der Waals surface area contributed by atoms with Gasteiger partial charge in [0.1, 0.15) is 0 Å². The quantitative estimate of drug-likeness (QED) is 0.670. The van der Waals surface area contributed by atoms with Crippen LogP contribution in [0.2, 0.25) is 0 Å². The maximum atomic E-state index is 4.40. The molecular weight excluding hydrogens is 214 g/mol. The standard InChI is InChI=1S/C14H10NS/c1-2-8-15-14(6-1)13-5-3-4-12(13)11-7-9-16-10-11/h1-10H/q-1/b14-13-. The molecule has 16 heavy (non-hydrogen) atoms.